The maximum Gasteiger partial charge on any atom is 0.226 e. The molecule has 3 aliphatic rings. The van der Waals surface area contributed by atoms with Crippen molar-refractivity contribution in [3.63, 3.8) is 0 Å². The van der Waals surface area contributed by atoms with Crippen LogP contribution >= 0.6 is 0 Å². The van der Waals surface area contributed by atoms with Gasteiger partial charge in [0.2, 0.25) is 5.95 Å². The van der Waals surface area contributed by atoms with Crippen molar-refractivity contribution in [2.75, 3.05) is 31.1 Å². The number of nitrogens with one attached hydrogen (secondary N) is 1. The van der Waals surface area contributed by atoms with Crippen molar-refractivity contribution in [2.24, 2.45) is 0 Å². The van der Waals surface area contributed by atoms with Crippen molar-refractivity contribution in [1.82, 2.24) is 15.3 Å². The Bertz CT molecular complexity index is 420. The van der Waals surface area contributed by atoms with E-state index in [4.69, 9.17) is 0 Å². The van der Waals surface area contributed by atoms with Gasteiger partial charge in [0.15, 0.2) is 0 Å². The number of hydrogen-bond acceptors (Lipinski definition) is 4. The summed E-state index contributed by atoms with van der Waals surface area (Å²) in [6.07, 6.45) is 0. The summed E-state index contributed by atoms with van der Waals surface area (Å²) in [6, 6.07) is 10.0. The number of piperazine rings is 1. The Labute approximate surface area is 94.7 Å². The third kappa shape index (κ3) is 1.72. The number of nitrogens with zero attached hydrogens (tertiary/aromatic N) is 3. The van der Waals surface area contributed by atoms with Crippen LogP contribution < -0.4 is 10.2 Å². The average molecular weight is 214 g/mol. The normalized spacial score (nSPS) is 16.6. The summed E-state index contributed by atoms with van der Waals surface area (Å²) in [4.78, 5) is 11.4. The van der Waals surface area contributed by atoms with E-state index in [-0.39, 0.29) is 0 Å². The van der Waals surface area contributed by atoms with E-state index in [1.54, 1.807) is 0 Å². The highest BCUT2D eigenvalue weighted by molar-refractivity contribution is 5.60. The van der Waals surface area contributed by atoms with Crippen LogP contribution in [0.15, 0.2) is 30.3 Å². The standard InChI is InChI=1S/C12H14N4/c1-2-4-10-11(5-3-1)15-12(14-10)16-8-6-13-7-9-16/h1-5,13H,6-9H2. The predicted molar refractivity (Wildman–Crippen MR) is 63.7 cm³/mol. The summed E-state index contributed by atoms with van der Waals surface area (Å²) < 4.78 is 0. The van der Waals surface area contributed by atoms with E-state index in [1.165, 1.54) is 0 Å². The highest BCUT2D eigenvalue weighted by atomic mass is 15.3. The van der Waals surface area contributed by atoms with Gasteiger partial charge in [-0.3, -0.25) is 0 Å². The Kier molecular flexibility index (Phi) is 2.42. The lowest BCUT2D eigenvalue weighted by molar-refractivity contribution is 0.582. The first-order valence-electron chi connectivity index (χ1n) is 5.62. The Morgan fingerprint density at radius 3 is 2.19 bits per heavy atom. The van der Waals surface area contributed by atoms with Gasteiger partial charge in [-0.1, -0.05) is 18.2 Å². The van der Waals surface area contributed by atoms with Crippen molar-refractivity contribution in [3.05, 3.63) is 30.3 Å². The van der Waals surface area contributed by atoms with Crippen LogP contribution in [0.25, 0.3) is 11.4 Å². The second-order valence-electron chi connectivity index (χ2n) is 3.94. The van der Waals surface area contributed by atoms with Crippen molar-refractivity contribution >= 4 is 5.95 Å². The minimum Gasteiger partial charge on any atom is -0.338 e. The lowest BCUT2D eigenvalue weighted by atomic mass is 10.3. The minimum absolute atomic E-state index is 0.864. The second-order valence-corrected chi connectivity index (χ2v) is 3.94. The average Bonchev–Trinajstić information content (AvgIpc) is 2.62. The third-order valence-electron chi connectivity index (χ3n) is 2.83. The topological polar surface area (TPSA) is 41.1 Å². The molecule has 0 aromatic carbocycles. The molecule has 2 aliphatic heterocycles. The highest BCUT2D eigenvalue weighted by Gasteiger charge is 2.16. The molecular weight excluding hydrogens is 200 g/mol. The largest absolute Gasteiger partial charge is 0.338 e. The number of fused-ring (bicyclic) bond motifs is 1. The molecule has 4 heteroatoms. The summed E-state index contributed by atoms with van der Waals surface area (Å²) in [5, 5.41) is 3.33. The van der Waals surface area contributed by atoms with E-state index in [1.807, 2.05) is 30.3 Å². The fraction of sp³-hybridized carbons (Fsp3) is 0.333. The molecule has 0 saturated carbocycles. The van der Waals surface area contributed by atoms with Crippen molar-refractivity contribution in [3.8, 4) is 11.4 Å². The molecule has 0 amide bonds. The summed E-state index contributed by atoms with van der Waals surface area (Å²) in [5.74, 6) is 0.864. The van der Waals surface area contributed by atoms with Gasteiger partial charge in [-0.05, 0) is 12.1 Å². The molecule has 1 fully saturated rings. The van der Waals surface area contributed by atoms with E-state index in [0.717, 1.165) is 43.5 Å². The molecule has 0 bridgehead atoms. The summed E-state index contributed by atoms with van der Waals surface area (Å²) in [5.41, 5.74) is 1.94. The molecule has 0 aromatic heterocycles. The number of imidazole rings is 1. The van der Waals surface area contributed by atoms with Crippen molar-refractivity contribution in [1.29, 1.82) is 0 Å². The monoisotopic (exact) mass is 214 g/mol. The van der Waals surface area contributed by atoms with Gasteiger partial charge in [0.05, 0.1) is 11.4 Å². The molecule has 0 unspecified atom stereocenters. The Morgan fingerprint density at radius 2 is 1.56 bits per heavy atom. The Balaban J connectivity index is 1.96. The van der Waals surface area contributed by atoms with E-state index < -0.39 is 0 Å². The van der Waals surface area contributed by atoms with Gasteiger partial charge in [0.1, 0.15) is 0 Å². The number of aromatic nitrogens is 2. The van der Waals surface area contributed by atoms with Gasteiger partial charge < -0.3 is 10.2 Å². The van der Waals surface area contributed by atoms with Gasteiger partial charge in [0.25, 0.3) is 0 Å². The van der Waals surface area contributed by atoms with Crippen LogP contribution in [0.5, 0.6) is 0 Å². The van der Waals surface area contributed by atoms with Gasteiger partial charge in [-0.25, -0.2) is 9.97 Å². The first-order chi connectivity index (χ1) is 7.93. The molecule has 0 atom stereocenters. The first-order valence-corrected chi connectivity index (χ1v) is 5.62. The molecule has 3 rings (SSSR count). The smallest absolute Gasteiger partial charge is 0.226 e. The van der Waals surface area contributed by atoms with Crippen LogP contribution in [0.4, 0.5) is 5.95 Å². The van der Waals surface area contributed by atoms with Crippen molar-refractivity contribution < 1.29 is 0 Å². The second kappa shape index (κ2) is 4.06. The zero-order valence-electron chi connectivity index (χ0n) is 9.06. The molecule has 4 nitrogen and oxygen atoms in total. The fourth-order valence-corrected chi connectivity index (χ4v) is 1.96. The van der Waals surface area contributed by atoms with E-state index in [2.05, 4.69) is 20.2 Å². The van der Waals surface area contributed by atoms with Crippen LogP contribution in [-0.2, 0) is 0 Å². The number of hydrogen-bond donors (Lipinski definition) is 1. The van der Waals surface area contributed by atoms with Crippen LogP contribution in [0.2, 0.25) is 0 Å². The lowest BCUT2D eigenvalue weighted by Gasteiger charge is -2.26. The molecular formula is C12H14N4. The Hall–Kier alpha value is -1.68. The highest BCUT2D eigenvalue weighted by Crippen LogP contribution is 2.21. The molecule has 2 heterocycles. The Morgan fingerprint density at radius 1 is 0.938 bits per heavy atom. The molecule has 16 heavy (non-hydrogen) atoms. The third-order valence-corrected chi connectivity index (χ3v) is 2.83. The number of anilines is 1. The predicted octanol–water partition coefficient (Wildman–Crippen LogP) is 0.991. The molecule has 0 spiro atoms. The molecule has 1 N–H and O–H groups in total. The van der Waals surface area contributed by atoms with Crippen molar-refractivity contribution in [2.45, 2.75) is 0 Å². The van der Waals surface area contributed by atoms with Crippen LogP contribution in [0, 0.1) is 0 Å². The zero-order chi connectivity index (χ0) is 10.8. The first kappa shape index (κ1) is 9.54. The van der Waals surface area contributed by atoms with Crippen LogP contribution in [-0.4, -0.2) is 36.1 Å². The van der Waals surface area contributed by atoms with Gasteiger partial charge >= 0.3 is 0 Å². The van der Waals surface area contributed by atoms with E-state index in [9.17, 15) is 0 Å². The minimum atomic E-state index is 0.864. The van der Waals surface area contributed by atoms with Gasteiger partial charge in [-0.15, -0.1) is 0 Å². The zero-order valence-corrected chi connectivity index (χ0v) is 9.06. The molecule has 82 valence electrons. The van der Waals surface area contributed by atoms with Gasteiger partial charge in [-0.2, -0.15) is 0 Å². The fourth-order valence-electron chi connectivity index (χ4n) is 1.96. The van der Waals surface area contributed by atoms with Gasteiger partial charge in [0, 0.05) is 26.2 Å². The molecule has 1 aliphatic carbocycles. The summed E-state index contributed by atoms with van der Waals surface area (Å²) in [6.45, 7) is 4.00. The quantitative estimate of drug-likeness (QED) is 0.768. The molecule has 0 radical (unpaired) electrons. The van der Waals surface area contributed by atoms with Crippen LogP contribution in [0.1, 0.15) is 0 Å². The summed E-state index contributed by atoms with van der Waals surface area (Å²) >= 11 is 0. The lowest BCUT2D eigenvalue weighted by Crippen LogP contribution is -2.44. The molecule has 0 aromatic rings. The maximum absolute atomic E-state index is 4.56. The van der Waals surface area contributed by atoms with E-state index >= 15 is 0 Å². The maximum atomic E-state index is 4.56. The van der Waals surface area contributed by atoms with Crippen LogP contribution in [0.3, 0.4) is 0 Å². The molecule has 1 saturated heterocycles. The SMILES string of the molecule is c1ccc2nc(N3CCNCC3)nc-2cc1. The summed E-state index contributed by atoms with van der Waals surface area (Å²) in [7, 11) is 0. The number of rotatable bonds is 1. The van der Waals surface area contributed by atoms with E-state index in [0.29, 0.717) is 0 Å².